The third-order valence-electron chi connectivity index (χ3n) is 5.68. The van der Waals surface area contributed by atoms with Crippen molar-refractivity contribution < 1.29 is 13.5 Å². The van der Waals surface area contributed by atoms with Gasteiger partial charge in [-0.05, 0) is 55.5 Å². The molecule has 1 saturated carbocycles. The molecule has 1 nitrogen and oxygen atoms in total. The fraction of sp³-hybridized carbons (Fsp3) is 0.400. The summed E-state index contributed by atoms with van der Waals surface area (Å²) in [6.45, 7) is 0.401. The van der Waals surface area contributed by atoms with E-state index in [1.807, 2.05) is 24.3 Å². The second-order valence-corrected chi connectivity index (χ2v) is 8.30. The standard InChI is InChI=1S/C20H19ClF2OS/c21-14-3-1-12(2-4-14)10-20-8-7-15(25)9-13(20)11-24-19-17(23)6-5-16(22)18(19)20/h1-6,13,15,25H,7-11H2/t13-,15-,20+/m1/s1. The van der Waals surface area contributed by atoms with Crippen molar-refractivity contribution in [2.45, 2.75) is 36.3 Å². The molecule has 3 atom stereocenters. The maximum atomic E-state index is 14.8. The van der Waals surface area contributed by atoms with Crippen LogP contribution in [-0.2, 0) is 11.8 Å². The molecular weight excluding hydrogens is 362 g/mol. The quantitative estimate of drug-likeness (QED) is 0.668. The SMILES string of the molecule is Fc1ccc(F)c2c1OC[C@H]1C[C@H](S)CC[C@@]21Cc1ccc(Cl)cc1. The van der Waals surface area contributed by atoms with E-state index in [1.165, 1.54) is 6.07 Å². The Morgan fingerprint density at radius 1 is 1.12 bits per heavy atom. The first-order valence-electron chi connectivity index (χ1n) is 8.53. The molecule has 25 heavy (non-hydrogen) atoms. The van der Waals surface area contributed by atoms with Gasteiger partial charge in [-0.3, -0.25) is 0 Å². The number of hydrogen-bond donors (Lipinski definition) is 1. The lowest BCUT2D eigenvalue weighted by molar-refractivity contribution is 0.0811. The Hall–Kier alpha value is -1.26. The summed E-state index contributed by atoms with van der Waals surface area (Å²) in [4.78, 5) is 0. The van der Waals surface area contributed by atoms with E-state index in [4.69, 9.17) is 16.3 Å². The zero-order valence-corrected chi connectivity index (χ0v) is 15.3. The van der Waals surface area contributed by atoms with Crippen LogP contribution in [0.1, 0.15) is 30.4 Å². The van der Waals surface area contributed by atoms with Crippen LogP contribution >= 0.6 is 24.2 Å². The van der Waals surface area contributed by atoms with Gasteiger partial charge in [-0.25, -0.2) is 8.78 Å². The van der Waals surface area contributed by atoms with Crippen LogP contribution in [0.25, 0.3) is 0 Å². The summed E-state index contributed by atoms with van der Waals surface area (Å²) in [5, 5.41) is 0.937. The minimum Gasteiger partial charge on any atom is -0.490 e. The lowest BCUT2D eigenvalue weighted by Gasteiger charge is -2.49. The number of halogens is 3. The molecule has 0 radical (unpaired) electrons. The molecule has 5 heteroatoms. The maximum Gasteiger partial charge on any atom is 0.165 e. The smallest absolute Gasteiger partial charge is 0.165 e. The molecule has 2 aliphatic rings. The van der Waals surface area contributed by atoms with Gasteiger partial charge in [0.25, 0.3) is 0 Å². The van der Waals surface area contributed by atoms with Crippen molar-refractivity contribution in [3.05, 3.63) is 64.2 Å². The van der Waals surface area contributed by atoms with E-state index in [9.17, 15) is 8.78 Å². The van der Waals surface area contributed by atoms with Crippen molar-refractivity contribution >= 4 is 24.2 Å². The molecule has 0 amide bonds. The summed E-state index contributed by atoms with van der Waals surface area (Å²) in [5.74, 6) is -0.669. The molecule has 1 aliphatic heterocycles. The van der Waals surface area contributed by atoms with E-state index >= 15 is 0 Å². The molecule has 132 valence electrons. The van der Waals surface area contributed by atoms with Crippen molar-refractivity contribution in [2.24, 2.45) is 5.92 Å². The van der Waals surface area contributed by atoms with E-state index < -0.39 is 11.2 Å². The monoisotopic (exact) mass is 380 g/mol. The van der Waals surface area contributed by atoms with Crippen LogP contribution in [-0.4, -0.2) is 11.9 Å². The molecule has 0 spiro atoms. The van der Waals surface area contributed by atoms with E-state index in [1.54, 1.807) is 0 Å². The minimum atomic E-state index is -0.488. The molecule has 0 unspecified atom stereocenters. The van der Waals surface area contributed by atoms with Crippen molar-refractivity contribution in [1.82, 2.24) is 0 Å². The molecule has 0 bridgehead atoms. The predicted octanol–water partition coefficient (Wildman–Crippen LogP) is 5.59. The molecule has 0 N–H and O–H groups in total. The second-order valence-electron chi connectivity index (χ2n) is 7.13. The summed E-state index contributed by atoms with van der Waals surface area (Å²) in [6.07, 6.45) is 3.13. The first-order valence-corrected chi connectivity index (χ1v) is 9.43. The lowest BCUT2D eigenvalue weighted by atomic mass is 9.58. The topological polar surface area (TPSA) is 9.23 Å². The molecule has 2 aromatic carbocycles. The summed E-state index contributed by atoms with van der Waals surface area (Å²) < 4.78 is 34.8. The van der Waals surface area contributed by atoms with Gasteiger partial charge in [0.1, 0.15) is 5.82 Å². The largest absolute Gasteiger partial charge is 0.490 e. The highest BCUT2D eigenvalue weighted by Crippen LogP contribution is 2.54. The molecule has 0 saturated heterocycles. The maximum absolute atomic E-state index is 14.8. The van der Waals surface area contributed by atoms with Gasteiger partial charge < -0.3 is 4.74 Å². The molecule has 1 fully saturated rings. The Labute approximate surface area is 156 Å². The van der Waals surface area contributed by atoms with Gasteiger partial charge in [0.05, 0.1) is 6.61 Å². The van der Waals surface area contributed by atoms with Crippen LogP contribution in [0.3, 0.4) is 0 Å². The van der Waals surface area contributed by atoms with Gasteiger partial charge in [-0.1, -0.05) is 23.7 Å². The second kappa shape index (κ2) is 6.48. The van der Waals surface area contributed by atoms with Crippen molar-refractivity contribution in [3.8, 4) is 5.75 Å². The fourth-order valence-electron chi connectivity index (χ4n) is 4.47. The summed E-state index contributed by atoms with van der Waals surface area (Å²) in [5.41, 5.74) is 1.01. The van der Waals surface area contributed by atoms with Gasteiger partial charge in [0.15, 0.2) is 11.6 Å². The molecule has 4 rings (SSSR count). The van der Waals surface area contributed by atoms with Crippen LogP contribution in [0.2, 0.25) is 5.02 Å². The average Bonchev–Trinajstić information content (AvgIpc) is 2.60. The fourth-order valence-corrected chi connectivity index (χ4v) is 4.98. The number of ether oxygens (including phenoxy) is 1. The molecule has 2 aromatic rings. The number of hydrogen-bond acceptors (Lipinski definition) is 2. The number of rotatable bonds is 2. The van der Waals surface area contributed by atoms with Crippen LogP contribution in [0.5, 0.6) is 5.75 Å². The van der Waals surface area contributed by atoms with E-state index in [0.717, 1.165) is 30.9 Å². The summed E-state index contributed by atoms with van der Waals surface area (Å²) >= 11 is 10.6. The third kappa shape index (κ3) is 2.93. The van der Waals surface area contributed by atoms with Gasteiger partial charge in [-0.2, -0.15) is 12.6 Å². The Kier molecular flexibility index (Phi) is 4.45. The van der Waals surface area contributed by atoms with Crippen LogP contribution in [0.4, 0.5) is 8.78 Å². The number of thiol groups is 1. The van der Waals surface area contributed by atoms with Gasteiger partial charge in [0.2, 0.25) is 0 Å². The number of benzene rings is 2. The Bertz CT molecular complexity index is 795. The molecule has 1 heterocycles. The zero-order valence-electron chi connectivity index (χ0n) is 13.6. The van der Waals surface area contributed by atoms with Gasteiger partial charge in [0, 0.05) is 27.2 Å². The number of fused-ring (bicyclic) bond motifs is 3. The summed E-state index contributed by atoms with van der Waals surface area (Å²) in [6, 6.07) is 9.98. The Morgan fingerprint density at radius 2 is 1.84 bits per heavy atom. The highest BCUT2D eigenvalue weighted by Gasteiger charge is 2.50. The first kappa shape index (κ1) is 17.2. The normalized spacial score (nSPS) is 28.0. The average molecular weight is 381 g/mol. The molecular formula is C20H19ClF2OS. The van der Waals surface area contributed by atoms with Crippen molar-refractivity contribution in [2.75, 3.05) is 6.61 Å². The van der Waals surface area contributed by atoms with Gasteiger partial charge in [-0.15, -0.1) is 0 Å². The first-order chi connectivity index (χ1) is 12.0. The van der Waals surface area contributed by atoms with E-state index in [0.29, 0.717) is 23.6 Å². The molecule has 0 aromatic heterocycles. The highest BCUT2D eigenvalue weighted by atomic mass is 35.5. The third-order valence-corrected chi connectivity index (χ3v) is 6.40. The zero-order chi connectivity index (χ0) is 17.6. The highest BCUT2D eigenvalue weighted by molar-refractivity contribution is 7.80. The molecule has 1 aliphatic carbocycles. The van der Waals surface area contributed by atoms with E-state index in [2.05, 4.69) is 12.6 Å². The Balaban J connectivity index is 1.85. The van der Waals surface area contributed by atoms with Crippen LogP contribution in [0.15, 0.2) is 36.4 Å². The Morgan fingerprint density at radius 3 is 2.60 bits per heavy atom. The van der Waals surface area contributed by atoms with Crippen LogP contribution < -0.4 is 4.74 Å². The van der Waals surface area contributed by atoms with Crippen molar-refractivity contribution in [1.29, 1.82) is 0 Å². The minimum absolute atomic E-state index is 0.0860. The van der Waals surface area contributed by atoms with Crippen molar-refractivity contribution in [3.63, 3.8) is 0 Å². The van der Waals surface area contributed by atoms with E-state index in [-0.39, 0.29) is 22.7 Å². The van der Waals surface area contributed by atoms with Crippen LogP contribution in [0, 0.1) is 17.6 Å². The summed E-state index contributed by atoms with van der Waals surface area (Å²) in [7, 11) is 0. The lowest BCUT2D eigenvalue weighted by Crippen LogP contribution is -2.49. The van der Waals surface area contributed by atoms with Gasteiger partial charge >= 0.3 is 0 Å². The predicted molar refractivity (Wildman–Crippen MR) is 98.8 cm³/mol.